The van der Waals surface area contributed by atoms with Gasteiger partial charge in [-0.05, 0) is 57.8 Å². The molecule has 2 aliphatic rings. The summed E-state index contributed by atoms with van der Waals surface area (Å²) in [5, 5.41) is 11.2. The minimum absolute atomic E-state index is 0.142. The van der Waals surface area contributed by atoms with Crippen molar-refractivity contribution in [1.29, 1.82) is 0 Å². The van der Waals surface area contributed by atoms with E-state index in [-0.39, 0.29) is 11.8 Å². The van der Waals surface area contributed by atoms with Crippen LogP contribution in [0.1, 0.15) is 47.5 Å². The number of piperidine rings is 2. The van der Waals surface area contributed by atoms with Crippen LogP contribution in [0, 0.1) is 6.92 Å². The summed E-state index contributed by atoms with van der Waals surface area (Å²) >= 11 is 2.58. The summed E-state index contributed by atoms with van der Waals surface area (Å²) in [7, 11) is 0. The Bertz CT molecular complexity index is 888. The molecule has 9 heteroatoms. The van der Waals surface area contributed by atoms with Gasteiger partial charge in [0.05, 0.1) is 5.75 Å². The zero-order valence-electron chi connectivity index (χ0n) is 17.9. The monoisotopic (exact) mass is 459 g/mol. The summed E-state index contributed by atoms with van der Waals surface area (Å²) < 4.78 is 0.644. The Morgan fingerprint density at radius 2 is 1.77 bits per heavy atom. The Morgan fingerprint density at radius 1 is 1.06 bits per heavy atom. The fraction of sp³-hybridized carbons (Fsp3) is 0.545. The molecule has 0 spiro atoms. The first-order valence-electron chi connectivity index (χ1n) is 10.9. The van der Waals surface area contributed by atoms with Gasteiger partial charge in [-0.3, -0.25) is 9.59 Å². The Kier molecular flexibility index (Phi) is 7.58. The number of rotatable bonds is 6. The van der Waals surface area contributed by atoms with Crippen molar-refractivity contribution in [2.45, 2.75) is 49.4 Å². The maximum absolute atomic E-state index is 12.6. The number of aryl methyl sites for hydroxylation is 1. The molecule has 2 amide bonds. The molecule has 2 aromatic rings. The molecule has 0 bridgehead atoms. The van der Waals surface area contributed by atoms with Crippen molar-refractivity contribution in [2.24, 2.45) is 0 Å². The van der Waals surface area contributed by atoms with Crippen LogP contribution in [0.15, 0.2) is 28.6 Å². The molecule has 7 nitrogen and oxygen atoms in total. The summed E-state index contributed by atoms with van der Waals surface area (Å²) in [5.41, 5.74) is 1.86. The fourth-order valence-electron chi connectivity index (χ4n) is 4.16. The molecule has 0 radical (unpaired) electrons. The lowest BCUT2D eigenvalue weighted by Gasteiger charge is -2.40. The molecule has 0 atom stereocenters. The number of aromatic nitrogens is 2. The van der Waals surface area contributed by atoms with Crippen LogP contribution in [0.2, 0.25) is 0 Å². The summed E-state index contributed by atoms with van der Waals surface area (Å²) in [4.78, 5) is 29.6. The van der Waals surface area contributed by atoms with Gasteiger partial charge in [-0.15, -0.1) is 10.2 Å². The van der Waals surface area contributed by atoms with Gasteiger partial charge in [-0.2, -0.15) is 0 Å². The Morgan fingerprint density at radius 3 is 2.48 bits per heavy atom. The van der Waals surface area contributed by atoms with Crippen molar-refractivity contribution in [2.75, 3.05) is 37.2 Å². The lowest BCUT2D eigenvalue weighted by molar-refractivity contribution is -0.129. The molecule has 4 rings (SSSR count). The third-order valence-electron chi connectivity index (χ3n) is 5.95. The van der Waals surface area contributed by atoms with Crippen molar-refractivity contribution in [1.82, 2.24) is 20.0 Å². The van der Waals surface area contributed by atoms with Crippen molar-refractivity contribution in [3.63, 3.8) is 0 Å². The number of carbonyl (C=O) groups excluding carboxylic acids is 2. The molecule has 0 aliphatic carbocycles. The second kappa shape index (κ2) is 10.6. The molecule has 166 valence electrons. The summed E-state index contributed by atoms with van der Waals surface area (Å²) in [6.45, 7) is 6.09. The molecule has 2 aliphatic heterocycles. The standard InChI is InChI=1S/C22H29N5O2S2/c1-16-5-7-17(8-6-16)23-20(29)21-24-25-22(31-21)30-15-19(28)27-13-9-18(10-14-27)26-11-3-2-4-12-26/h5-8,18H,2-4,9-15H2,1H3,(H,23,29). The second-order valence-corrected chi connectivity index (χ2v) is 10.4. The lowest BCUT2D eigenvalue weighted by atomic mass is 10.00. The molecule has 2 fully saturated rings. The Balaban J connectivity index is 1.21. The van der Waals surface area contributed by atoms with Gasteiger partial charge in [-0.25, -0.2) is 0 Å². The Hall–Kier alpha value is -1.97. The van der Waals surface area contributed by atoms with E-state index in [1.54, 1.807) is 0 Å². The minimum atomic E-state index is -0.278. The van der Waals surface area contributed by atoms with E-state index in [1.165, 1.54) is 55.5 Å². The zero-order chi connectivity index (χ0) is 21.6. The smallest absolute Gasteiger partial charge is 0.286 e. The highest BCUT2D eigenvalue weighted by molar-refractivity contribution is 8.01. The summed E-state index contributed by atoms with van der Waals surface area (Å²) in [6, 6.07) is 8.24. The van der Waals surface area contributed by atoms with Gasteiger partial charge in [0.2, 0.25) is 10.9 Å². The molecule has 2 saturated heterocycles. The molecular weight excluding hydrogens is 430 g/mol. The first-order valence-corrected chi connectivity index (χ1v) is 12.7. The van der Waals surface area contributed by atoms with E-state index in [0.29, 0.717) is 21.1 Å². The van der Waals surface area contributed by atoms with Crippen molar-refractivity contribution in [3.8, 4) is 0 Å². The highest BCUT2D eigenvalue weighted by Gasteiger charge is 2.27. The van der Waals surface area contributed by atoms with Crippen LogP contribution in [-0.4, -0.2) is 69.8 Å². The molecule has 1 aromatic carbocycles. The first kappa shape index (κ1) is 22.2. The molecule has 0 saturated carbocycles. The maximum atomic E-state index is 12.6. The zero-order valence-corrected chi connectivity index (χ0v) is 19.5. The average molecular weight is 460 g/mol. The summed E-state index contributed by atoms with van der Waals surface area (Å²) in [5.74, 6) is 0.199. The largest absolute Gasteiger partial charge is 0.342 e. The van der Waals surface area contributed by atoms with E-state index in [2.05, 4.69) is 20.4 Å². The predicted molar refractivity (Wildman–Crippen MR) is 125 cm³/mol. The van der Waals surface area contributed by atoms with E-state index >= 15 is 0 Å². The van der Waals surface area contributed by atoms with E-state index in [0.717, 1.165) is 37.2 Å². The van der Waals surface area contributed by atoms with Gasteiger partial charge in [0.1, 0.15) is 0 Å². The number of benzene rings is 1. The number of amides is 2. The minimum Gasteiger partial charge on any atom is -0.342 e. The van der Waals surface area contributed by atoms with Crippen molar-refractivity contribution >= 4 is 40.6 Å². The number of nitrogens with zero attached hydrogens (tertiary/aromatic N) is 4. The average Bonchev–Trinajstić information content (AvgIpc) is 3.29. The van der Waals surface area contributed by atoms with Crippen LogP contribution in [0.4, 0.5) is 5.69 Å². The highest BCUT2D eigenvalue weighted by Crippen LogP contribution is 2.25. The second-order valence-electron chi connectivity index (χ2n) is 8.19. The third-order valence-corrected chi connectivity index (χ3v) is 7.99. The van der Waals surface area contributed by atoms with E-state index in [1.807, 2.05) is 36.1 Å². The molecule has 31 heavy (non-hydrogen) atoms. The van der Waals surface area contributed by atoms with Crippen LogP contribution in [0.5, 0.6) is 0 Å². The lowest BCUT2D eigenvalue weighted by Crippen LogP contribution is -2.48. The topological polar surface area (TPSA) is 78.4 Å². The number of anilines is 1. The number of likely N-dealkylation sites (tertiary alicyclic amines) is 2. The molecule has 0 unspecified atom stereocenters. The fourth-order valence-corrected chi connectivity index (χ4v) is 5.81. The van der Waals surface area contributed by atoms with Gasteiger partial charge >= 0.3 is 0 Å². The normalized spacial score (nSPS) is 18.2. The first-order chi connectivity index (χ1) is 15.1. The van der Waals surface area contributed by atoms with Crippen molar-refractivity contribution in [3.05, 3.63) is 34.8 Å². The SMILES string of the molecule is Cc1ccc(NC(=O)c2nnc(SCC(=O)N3CCC(N4CCCCC4)CC3)s2)cc1. The Labute approximate surface area is 191 Å². The molecule has 3 heterocycles. The van der Waals surface area contributed by atoms with Gasteiger partial charge in [0.15, 0.2) is 4.34 Å². The number of nitrogens with one attached hydrogen (secondary N) is 1. The van der Waals surface area contributed by atoms with Crippen LogP contribution >= 0.6 is 23.1 Å². The number of hydrogen-bond donors (Lipinski definition) is 1. The van der Waals surface area contributed by atoms with E-state index in [9.17, 15) is 9.59 Å². The molecular formula is C22H29N5O2S2. The van der Waals surface area contributed by atoms with E-state index in [4.69, 9.17) is 0 Å². The van der Waals surface area contributed by atoms with Crippen molar-refractivity contribution < 1.29 is 9.59 Å². The van der Waals surface area contributed by atoms with Gasteiger partial charge in [-0.1, -0.05) is 47.2 Å². The number of thioether (sulfide) groups is 1. The number of carbonyl (C=O) groups is 2. The van der Waals surface area contributed by atoms with Gasteiger partial charge in [0, 0.05) is 24.8 Å². The highest BCUT2D eigenvalue weighted by atomic mass is 32.2. The maximum Gasteiger partial charge on any atom is 0.286 e. The predicted octanol–water partition coefficient (Wildman–Crippen LogP) is 3.67. The van der Waals surface area contributed by atoms with Gasteiger partial charge in [0.25, 0.3) is 5.91 Å². The van der Waals surface area contributed by atoms with Crippen LogP contribution in [0.25, 0.3) is 0 Å². The van der Waals surface area contributed by atoms with Crippen LogP contribution in [0.3, 0.4) is 0 Å². The molecule has 1 N–H and O–H groups in total. The molecule has 1 aromatic heterocycles. The van der Waals surface area contributed by atoms with E-state index < -0.39 is 0 Å². The third kappa shape index (κ3) is 6.05. The van der Waals surface area contributed by atoms with Crippen LogP contribution < -0.4 is 5.32 Å². The summed E-state index contributed by atoms with van der Waals surface area (Å²) in [6.07, 6.45) is 6.11. The van der Waals surface area contributed by atoms with Gasteiger partial charge < -0.3 is 15.1 Å². The quantitative estimate of drug-likeness (QED) is 0.664. The number of hydrogen-bond acceptors (Lipinski definition) is 7. The van der Waals surface area contributed by atoms with Crippen LogP contribution in [-0.2, 0) is 4.79 Å².